The van der Waals surface area contributed by atoms with Crippen LogP contribution in [0.5, 0.6) is 0 Å². The molecule has 4 aliphatic carbocycles. The van der Waals surface area contributed by atoms with Crippen molar-refractivity contribution in [2.24, 2.45) is 46.3 Å². The summed E-state index contributed by atoms with van der Waals surface area (Å²) in [5, 5.41) is 0. The third kappa shape index (κ3) is 4.01. The Morgan fingerprint density at radius 2 is 1.71 bits per heavy atom. The molecule has 0 radical (unpaired) electrons. The second-order valence-electron chi connectivity index (χ2n) is 12.1. The van der Waals surface area contributed by atoms with E-state index in [0.29, 0.717) is 22.7 Å². The molecule has 0 bridgehead atoms. The molecule has 0 aromatic heterocycles. The van der Waals surface area contributed by atoms with Crippen molar-refractivity contribution in [3.05, 3.63) is 35.5 Å². The van der Waals surface area contributed by atoms with Gasteiger partial charge >= 0.3 is 0 Å². The zero-order valence-corrected chi connectivity index (χ0v) is 21.1. The maximum Gasteiger partial charge on any atom is 0.0967 e. The van der Waals surface area contributed by atoms with Gasteiger partial charge in [-0.2, -0.15) is 0 Å². The number of hydrogen-bond acceptors (Lipinski definition) is 2. The summed E-state index contributed by atoms with van der Waals surface area (Å²) in [5.41, 5.74) is 4.19. The number of allylic oxidation sites excluding steroid dienone is 5. The minimum atomic E-state index is 0.227. The Morgan fingerprint density at radius 1 is 0.935 bits per heavy atom. The van der Waals surface area contributed by atoms with Gasteiger partial charge in [-0.15, -0.1) is 0 Å². The summed E-state index contributed by atoms with van der Waals surface area (Å²) in [6.07, 6.45) is 19.2. The van der Waals surface area contributed by atoms with Crippen LogP contribution < -0.4 is 0 Å². The summed E-state index contributed by atoms with van der Waals surface area (Å²) in [7, 11) is 1.64. The molecule has 0 aromatic carbocycles. The van der Waals surface area contributed by atoms with Crippen LogP contribution in [-0.4, -0.2) is 13.2 Å². The summed E-state index contributed by atoms with van der Waals surface area (Å²) < 4.78 is 0. The van der Waals surface area contributed by atoms with Gasteiger partial charge in [-0.3, -0.25) is 0 Å². The standard InChI is InChI=1S/C29H46O2/c1-19(2)20(3)8-9-21(4)25-12-13-26-24-11-10-22-18-23(31-30-7)14-16-28(22,5)27(24)15-17-29(25,26)6/h8-11,19-21,23,25-27H,12-18H2,1-7H3/b9-8+/t20-,21+,23-,25+,26-,27?,28-,29+/m0/s1. The Balaban J connectivity index is 1.54. The van der Waals surface area contributed by atoms with Crippen LogP contribution in [0.4, 0.5) is 0 Å². The molecular weight excluding hydrogens is 380 g/mol. The van der Waals surface area contributed by atoms with Crippen molar-refractivity contribution in [1.82, 2.24) is 0 Å². The van der Waals surface area contributed by atoms with E-state index in [1.807, 2.05) is 0 Å². The van der Waals surface area contributed by atoms with Crippen LogP contribution in [0.3, 0.4) is 0 Å². The second kappa shape index (κ2) is 8.82. The topological polar surface area (TPSA) is 18.5 Å². The van der Waals surface area contributed by atoms with Crippen molar-refractivity contribution in [3.8, 4) is 0 Å². The van der Waals surface area contributed by atoms with Gasteiger partial charge in [0.15, 0.2) is 0 Å². The van der Waals surface area contributed by atoms with E-state index in [1.54, 1.807) is 18.3 Å². The molecule has 2 nitrogen and oxygen atoms in total. The maximum atomic E-state index is 5.53. The average molecular weight is 427 g/mol. The van der Waals surface area contributed by atoms with Crippen molar-refractivity contribution >= 4 is 0 Å². The van der Waals surface area contributed by atoms with E-state index in [0.717, 1.165) is 36.5 Å². The largest absolute Gasteiger partial charge is 0.240 e. The van der Waals surface area contributed by atoms with Gasteiger partial charge in [0.05, 0.1) is 13.2 Å². The molecule has 4 rings (SSSR count). The third-order valence-electron chi connectivity index (χ3n) is 10.2. The Kier molecular flexibility index (Phi) is 6.63. The smallest absolute Gasteiger partial charge is 0.0967 e. The minimum absolute atomic E-state index is 0.227. The van der Waals surface area contributed by atoms with Crippen molar-refractivity contribution < 1.29 is 9.78 Å². The van der Waals surface area contributed by atoms with Crippen LogP contribution in [-0.2, 0) is 9.78 Å². The van der Waals surface area contributed by atoms with Crippen molar-refractivity contribution in [2.45, 2.75) is 92.6 Å². The predicted molar refractivity (Wildman–Crippen MR) is 129 cm³/mol. The first-order valence-electron chi connectivity index (χ1n) is 13.0. The van der Waals surface area contributed by atoms with Crippen LogP contribution >= 0.6 is 0 Å². The highest BCUT2D eigenvalue weighted by Crippen LogP contribution is 2.66. The predicted octanol–water partition coefficient (Wildman–Crippen LogP) is 7.92. The molecule has 0 amide bonds. The molecular formula is C29H46O2. The van der Waals surface area contributed by atoms with E-state index >= 15 is 0 Å². The molecule has 0 saturated heterocycles. The Bertz CT molecular complexity index is 746. The summed E-state index contributed by atoms with van der Waals surface area (Å²) in [5.74, 6) is 4.41. The molecule has 174 valence electrons. The van der Waals surface area contributed by atoms with Gasteiger partial charge in [0.2, 0.25) is 0 Å². The first kappa shape index (κ1) is 23.3. The van der Waals surface area contributed by atoms with Crippen molar-refractivity contribution in [2.75, 3.05) is 7.11 Å². The highest BCUT2D eigenvalue weighted by atomic mass is 17.2. The Morgan fingerprint density at radius 3 is 2.42 bits per heavy atom. The zero-order chi connectivity index (χ0) is 22.4. The Labute approximate surface area is 191 Å². The molecule has 0 spiro atoms. The summed E-state index contributed by atoms with van der Waals surface area (Å²) in [6.45, 7) is 14.7. The minimum Gasteiger partial charge on any atom is -0.240 e. The molecule has 31 heavy (non-hydrogen) atoms. The lowest BCUT2D eigenvalue weighted by molar-refractivity contribution is -0.309. The fraction of sp³-hybridized carbons (Fsp3) is 0.793. The normalized spacial score (nSPS) is 41.9. The Hall–Kier alpha value is -0.860. The van der Waals surface area contributed by atoms with Crippen LogP contribution in [0.15, 0.2) is 35.5 Å². The lowest BCUT2D eigenvalue weighted by atomic mass is 9.50. The highest BCUT2D eigenvalue weighted by Gasteiger charge is 2.56. The summed E-state index contributed by atoms with van der Waals surface area (Å²) in [4.78, 5) is 10.5. The average Bonchev–Trinajstić information content (AvgIpc) is 3.09. The van der Waals surface area contributed by atoms with E-state index < -0.39 is 0 Å². The van der Waals surface area contributed by atoms with Crippen molar-refractivity contribution in [1.29, 1.82) is 0 Å². The van der Waals surface area contributed by atoms with Gasteiger partial charge in [-0.25, -0.2) is 9.78 Å². The van der Waals surface area contributed by atoms with E-state index in [4.69, 9.17) is 9.78 Å². The first-order valence-corrected chi connectivity index (χ1v) is 13.0. The zero-order valence-electron chi connectivity index (χ0n) is 21.1. The molecule has 0 N–H and O–H groups in total. The van der Waals surface area contributed by atoms with Crippen molar-refractivity contribution in [3.63, 3.8) is 0 Å². The molecule has 3 fully saturated rings. The van der Waals surface area contributed by atoms with Gasteiger partial charge in [0.1, 0.15) is 0 Å². The van der Waals surface area contributed by atoms with Gasteiger partial charge in [-0.1, -0.05) is 77.0 Å². The second-order valence-corrected chi connectivity index (χ2v) is 12.1. The number of hydrogen-bond donors (Lipinski definition) is 0. The van der Waals surface area contributed by atoms with Crippen LogP contribution in [0.25, 0.3) is 0 Å². The van der Waals surface area contributed by atoms with Gasteiger partial charge in [0.25, 0.3) is 0 Å². The summed E-state index contributed by atoms with van der Waals surface area (Å²) >= 11 is 0. The van der Waals surface area contributed by atoms with Gasteiger partial charge in [-0.05, 0) is 91.3 Å². The van der Waals surface area contributed by atoms with Crippen LogP contribution in [0, 0.1) is 46.3 Å². The SMILES string of the molecule is COO[C@H]1CC[C@@]2(C)C(=CC=C3C2CC[C@]2(C)[C@@H]([C@H](C)/C=C/[C@H](C)C(C)C)CC[C@@H]32)C1. The lowest BCUT2D eigenvalue weighted by Gasteiger charge is -2.55. The van der Waals surface area contributed by atoms with Gasteiger partial charge < -0.3 is 0 Å². The molecule has 4 aliphatic rings. The number of fused-ring (bicyclic) bond motifs is 5. The lowest BCUT2D eigenvalue weighted by Crippen LogP contribution is -2.46. The molecule has 0 heterocycles. The summed E-state index contributed by atoms with van der Waals surface area (Å²) in [6, 6.07) is 0. The molecule has 1 unspecified atom stereocenters. The third-order valence-corrected chi connectivity index (χ3v) is 10.2. The molecule has 2 heteroatoms. The van der Waals surface area contributed by atoms with E-state index in [9.17, 15) is 0 Å². The van der Waals surface area contributed by atoms with E-state index in [1.165, 1.54) is 32.1 Å². The first-order chi connectivity index (χ1) is 14.7. The van der Waals surface area contributed by atoms with Crippen LogP contribution in [0.2, 0.25) is 0 Å². The molecule has 0 aromatic rings. The highest BCUT2D eigenvalue weighted by molar-refractivity contribution is 5.39. The fourth-order valence-electron chi connectivity index (χ4n) is 7.80. The van der Waals surface area contributed by atoms with Crippen LogP contribution in [0.1, 0.15) is 86.5 Å². The van der Waals surface area contributed by atoms with E-state index in [2.05, 4.69) is 65.8 Å². The maximum absolute atomic E-state index is 5.53. The van der Waals surface area contributed by atoms with E-state index in [-0.39, 0.29) is 6.10 Å². The molecule has 3 saturated carbocycles. The quantitative estimate of drug-likeness (QED) is 0.244. The molecule has 0 aliphatic heterocycles. The molecule has 8 atom stereocenters. The van der Waals surface area contributed by atoms with Gasteiger partial charge in [0, 0.05) is 0 Å². The monoisotopic (exact) mass is 426 g/mol. The number of rotatable bonds is 6. The fourth-order valence-corrected chi connectivity index (χ4v) is 7.80.